The highest BCUT2D eigenvalue weighted by Gasteiger charge is 2.41. The SMILES string of the molecule is Oc1cc(-c2ccc3c(N4CC5CCC(C4)N5)nc(N4CCC5(CCOCC5)C4)nc3c2F)c2ccccc2c1. The van der Waals surface area contributed by atoms with Gasteiger partial charge in [0.1, 0.15) is 17.1 Å². The first-order chi connectivity index (χ1) is 19.6. The van der Waals surface area contributed by atoms with Crippen molar-refractivity contribution in [1.29, 1.82) is 0 Å². The average molecular weight is 540 g/mol. The van der Waals surface area contributed by atoms with E-state index in [2.05, 4.69) is 15.1 Å². The molecular weight excluding hydrogens is 505 g/mol. The minimum atomic E-state index is -0.365. The van der Waals surface area contributed by atoms with Crippen LogP contribution in [-0.2, 0) is 4.74 Å². The van der Waals surface area contributed by atoms with Crippen LogP contribution in [0.1, 0.15) is 32.1 Å². The van der Waals surface area contributed by atoms with Gasteiger partial charge in [-0.25, -0.2) is 9.37 Å². The normalized spacial score (nSPS) is 24.0. The summed E-state index contributed by atoms with van der Waals surface area (Å²) in [4.78, 5) is 14.7. The van der Waals surface area contributed by atoms with Crippen LogP contribution in [0.4, 0.5) is 16.2 Å². The van der Waals surface area contributed by atoms with Crippen molar-refractivity contribution in [3.8, 4) is 16.9 Å². The first-order valence-corrected chi connectivity index (χ1v) is 14.6. The standard InChI is InChI=1S/C32H34FN5O2/c33-28-25(27-16-23(39)15-20-3-1-2-4-24(20)27)7-8-26-29(28)35-31(37-12-9-32(19-37)10-13-40-14-11-32)36-30(26)38-17-21-5-6-22(18-38)34-21/h1-4,7-8,15-16,21-22,34,39H,5-6,9-14,17-19H2. The van der Waals surface area contributed by atoms with E-state index in [1.807, 2.05) is 36.4 Å². The van der Waals surface area contributed by atoms with Gasteiger partial charge in [-0.1, -0.05) is 30.3 Å². The molecule has 4 saturated heterocycles. The van der Waals surface area contributed by atoms with Crippen LogP contribution < -0.4 is 15.1 Å². The Morgan fingerprint density at radius 1 is 0.900 bits per heavy atom. The number of rotatable bonds is 3. The zero-order chi connectivity index (χ0) is 26.8. The molecule has 3 aromatic carbocycles. The number of hydrogen-bond acceptors (Lipinski definition) is 7. The Kier molecular flexibility index (Phi) is 5.64. The second-order valence-corrected chi connectivity index (χ2v) is 12.2. The second kappa shape index (κ2) is 9.28. The third kappa shape index (κ3) is 3.99. The van der Waals surface area contributed by atoms with Crippen molar-refractivity contribution in [2.45, 2.75) is 44.2 Å². The van der Waals surface area contributed by atoms with Crippen LogP contribution in [0.25, 0.3) is 32.8 Å². The minimum absolute atomic E-state index is 0.118. The topological polar surface area (TPSA) is 73.8 Å². The molecule has 7 nitrogen and oxygen atoms in total. The zero-order valence-corrected chi connectivity index (χ0v) is 22.6. The number of fused-ring (bicyclic) bond motifs is 4. The van der Waals surface area contributed by atoms with E-state index in [-0.39, 0.29) is 17.0 Å². The largest absolute Gasteiger partial charge is 0.508 e. The molecule has 2 unspecified atom stereocenters. The molecule has 4 aliphatic rings. The zero-order valence-electron chi connectivity index (χ0n) is 22.6. The van der Waals surface area contributed by atoms with Crippen molar-refractivity contribution in [3.63, 3.8) is 0 Å². The maximum atomic E-state index is 16.7. The molecule has 4 aliphatic heterocycles. The molecule has 2 N–H and O–H groups in total. The van der Waals surface area contributed by atoms with Crippen LogP contribution in [0.15, 0.2) is 48.5 Å². The Bertz CT molecular complexity index is 1610. The number of halogens is 1. The summed E-state index contributed by atoms with van der Waals surface area (Å²) < 4.78 is 22.4. The number of ether oxygens (including phenoxy) is 1. The number of hydrogen-bond donors (Lipinski definition) is 2. The van der Waals surface area contributed by atoms with Gasteiger partial charge in [-0.2, -0.15) is 4.98 Å². The highest BCUT2D eigenvalue weighted by molar-refractivity contribution is 6.01. The average Bonchev–Trinajstić information content (AvgIpc) is 3.54. The lowest BCUT2D eigenvalue weighted by molar-refractivity contribution is 0.0254. The molecule has 40 heavy (non-hydrogen) atoms. The number of phenols is 1. The third-order valence-corrected chi connectivity index (χ3v) is 9.70. The Morgan fingerprint density at radius 3 is 2.52 bits per heavy atom. The molecule has 8 heteroatoms. The Hall–Kier alpha value is -3.49. The number of nitrogens with zero attached hydrogens (tertiary/aromatic N) is 4. The quantitative estimate of drug-likeness (QED) is 0.369. The van der Waals surface area contributed by atoms with E-state index in [9.17, 15) is 5.11 Å². The van der Waals surface area contributed by atoms with Crippen molar-refractivity contribution < 1.29 is 14.2 Å². The summed E-state index contributed by atoms with van der Waals surface area (Å²) in [6, 6.07) is 15.8. The monoisotopic (exact) mass is 539 g/mol. The first-order valence-electron chi connectivity index (χ1n) is 14.6. The van der Waals surface area contributed by atoms with Crippen LogP contribution in [0.5, 0.6) is 5.75 Å². The summed E-state index contributed by atoms with van der Waals surface area (Å²) in [5.41, 5.74) is 1.69. The van der Waals surface area contributed by atoms with E-state index in [4.69, 9.17) is 14.7 Å². The van der Waals surface area contributed by atoms with E-state index < -0.39 is 0 Å². The van der Waals surface area contributed by atoms with Gasteiger partial charge in [0.05, 0.1) is 0 Å². The van der Waals surface area contributed by atoms with Crippen LogP contribution in [0.3, 0.4) is 0 Å². The van der Waals surface area contributed by atoms with Crippen molar-refractivity contribution in [1.82, 2.24) is 15.3 Å². The molecule has 8 rings (SSSR count). The smallest absolute Gasteiger partial charge is 0.228 e. The highest BCUT2D eigenvalue weighted by atomic mass is 19.1. The summed E-state index contributed by atoms with van der Waals surface area (Å²) in [5.74, 6) is 1.20. The van der Waals surface area contributed by atoms with Gasteiger partial charge in [0.25, 0.3) is 0 Å². The molecule has 206 valence electrons. The molecule has 0 aliphatic carbocycles. The van der Waals surface area contributed by atoms with Gasteiger partial charge < -0.3 is 25.0 Å². The lowest BCUT2D eigenvalue weighted by Crippen LogP contribution is -2.51. The van der Waals surface area contributed by atoms with Gasteiger partial charge in [-0.3, -0.25) is 0 Å². The van der Waals surface area contributed by atoms with E-state index in [0.29, 0.717) is 34.7 Å². The molecule has 2 bridgehead atoms. The fourth-order valence-electron chi connectivity index (χ4n) is 7.53. The van der Waals surface area contributed by atoms with Crippen LogP contribution in [-0.4, -0.2) is 66.6 Å². The highest BCUT2D eigenvalue weighted by Crippen LogP contribution is 2.43. The van der Waals surface area contributed by atoms with E-state index in [1.54, 1.807) is 12.1 Å². The molecule has 4 fully saturated rings. The Labute approximate surface area is 233 Å². The van der Waals surface area contributed by atoms with Crippen LogP contribution >= 0.6 is 0 Å². The van der Waals surface area contributed by atoms with E-state index >= 15 is 4.39 Å². The lowest BCUT2D eigenvalue weighted by Gasteiger charge is -2.35. The number of phenolic OH excluding ortho intramolecular Hbond substituents is 1. The molecule has 0 saturated carbocycles. The number of aromatic hydroxyl groups is 1. The second-order valence-electron chi connectivity index (χ2n) is 12.2. The fourth-order valence-corrected chi connectivity index (χ4v) is 7.53. The third-order valence-electron chi connectivity index (χ3n) is 9.70. The maximum absolute atomic E-state index is 16.7. The Morgan fingerprint density at radius 2 is 1.70 bits per heavy atom. The fraction of sp³-hybridized carbons (Fsp3) is 0.438. The van der Waals surface area contributed by atoms with Gasteiger partial charge >= 0.3 is 0 Å². The first kappa shape index (κ1) is 24.3. The molecule has 1 spiro atoms. The van der Waals surface area contributed by atoms with Gasteiger partial charge in [-0.05, 0) is 72.1 Å². The number of anilines is 2. The summed E-state index contributed by atoms with van der Waals surface area (Å²) >= 11 is 0. The maximum Gasteiger partial charge on any atom is 0.228 e. The minimum Gasteiger partial charge on any atom is -0.508 e. The predicted molar refractivity (Wildman–Crippen MR) is 156 cm³/mol. The van der Waals surface area contributed by atoms with Crippen LogP contribution in [0.2, 0.25) is 0 Å². The predicted octanol–water partition coefficient (Wildman–Crippen LogP) is 5.24. The van der Waals surface area contributed by atoms with E-state index in [0.717, 1.165) is 93.5 Å². The van der Waals surface area contributed by atoms with Crippen molar-refractivity contribution >= 4 is 33.4 Å². The number of piperazine rings is 1. The van der Waals surface area contributed by atoms with Crippen molar-refractivity contribution in [2.24, 2.45) is 5.41 Å². The van der Waals surface area contributed by atoms with Gasteiger partial charge in [0.2, 0.25) is 5.95 Å². The molecule has 1 aromatic heterocycles. The molecule has 5 heterocycles. The number of aromatic nitrogens is 2. The van der Waals surface area contributed by atoms with Crippen molar-refractivity contribution in [3.05, 3.63) is 54.3 Å². The number of benzene rings is 3. The Balaban J connectivity index is 1.28. The lowest BCUT2D eigenvalue weighted by atomic mass is 9.80. The summed E-state index contributed by atoms with van der Waals surface area (Å²) in [7, 11) is 0. The van der Waals surface area contributed by atoms with Gasteiger partial charge in [-0.15, -0.1) is 0 Å². The van der Waals surface area contributed by atoms with Crippen LogP contribution in [0, 0.1) is 11.2 Å². The molecular formula is C32H34FN5O2. The molecule has 4 aromatic rings. The number of nitrogens with one attached hydrogen (secondary N) is 1. The van der Waals surface area contributed by atoms with E-state index in [1.165, 1.54) is 0 Å². The molecule has 0 amide bonds. The van der Waals surface area contributed by atoms with Crippen molar-refractivity contribution in [2.75, 3.05) is 49.2 Å². The summed E-state index contributed by atoms with van der Waals surface area (Å²) in [6.45, 7) is 5.09. The van der Waals surface area contributed by atoms with Gasteiger partial charge in [0.15, 0.2) is 5.82 Å². The summed E-state index contributed by atoms with van der Waals surface area (Å²) in [5, 5.41) is 16.7. The molecule has 0 radical (unpaired) electrons. The summed E-state index contributed by atoms with van der Waals surface area (Å²) in [6.07, 6.45) is 5.51. The molecule has 2 atom stereocenters. The van der Waals surface area contributed by atoms with Gasteiger partial charge in [0, 0.05) is 62.4 Å².